The van der Waals surface area contributed by atoms with Crippen molar-refractivity contribution in [3.8, 4) is 0 Å². The highest BCUT2D eigenvalue weighted by Crippen LogP contribution is 2.10. The van der Waals surface area contributed by atoms with E-state index in [4.69, 9.17) is 0 Å². The molecule has 0 radical (unpaired) electrons. The van der Waals surface area contributed by atoms with Gasteiger partial charge in [0.15, 0.2) is 0 Å². The van der Waals surface area contributed by atoms with Crippen LogP contribution in [-0.4, -0.2) is 21.5 Å². The second-order valence-corrected chi connectivity index (χ2v) is 4.10. The monoisotopic (exact) mass is 255 g/mol. The summed E-state index contributed by atoms with van der Waals surface area (Å²) in [6.07, 6.45) is 5.36. The third-order valence-corrected chi connectivity index (χ3v) is 2.46. The van der Waals surface area contributed by atoms with E-state index < -0.39 is 0 Å². The maximum atomic E-state index is 4.38. The van der Waals surface area contributed by atoms with Crippen molar-refractivity contribution in [2.24, 2.45) is 0 Å². The normalized spacial score (nSPS) is 9.95. The van der Waals surface area contributed by atoms with Gasteiger partial charge >= 0.3 is 0 Å². The third kappa shape index (κ3) is 4.06. The number of hydrogen-bond donors (Lipinski definition) is 2. The van der Waals surface area contributed by atoms with Gasteiger partial charge in [0.2, 0.25) is 5.95 Å². The van der Waals surface area contributed by atoms with Crippen molar-refractivity contribution in [3.63, 3.8) is 0 Å². The summed E-state index contributed by atoms with van der Waals surface area (Å²) in [5.74, 6) is 1.40. The van der Waals surface area contributed by atoms with Gasteiger partial charge in [0, 0.05) is 37.2 Å². The lowest BCUT2D eigenvalue weighted by Gasteiger charge is -2.08. The van der Waals surface area contributed by atoms with Crippen LogP contribution in [0.5, 0.6) is 0 Å². The van der Waals surface area contributed by atoms with E-state index in [1.165, 1.54) is 0 Å². The van der Waals surface area contributed by atoms with E-state index in [0.717, 1.165) is 17.1 Å². The van der Waals surface area contributed by atoms with Crippen LogP contribution in [0.15, 0.2) is 43.2 Å². The molecule has 5 nitrogen and oxygen atoms in total. The van der Waals surface area contributed by atoms with E-state index in [1.54, 1.807) is 12.3 Å². The molecule has 0 amide bonds. The van der Waals surface area contributed by atoms with Crippen LogP contribution in [0.25, 0.3) is 0 Å². The van der Waals surface area contributed by atoms with Crippen LogP contribution in [0, 0.1) is 6.92 Å². The van der Waals surface area contributed by atoms with Crippen molar-refractivity contribution >= 4 is 11.8 Å². The van der Waals surface area contributed by atoms with E-state index in [0.29, 0.717) is 19.0 Å². The van der Waals surface area contributed by atoms with Gasteiger partial charge in [-0.1, -0.05) is 12.1 Å². The topological polar surface area (TPSA) is 62.7 Å². The third-order valence-electron chi connectivity index (χ3n) is 2.46. The lowest BCUT2D eigenvalue weighted by Crippen LogP contribution is -2.08. The van der Waals surface area contributed by atoms with Crippen LogP contribution in [-0.2, 0) is 6.54 Å². The van der Waals surface area contributed by atoms with Gasteiger partial charge in [-0.2, -0.15) is 4.98 Å². The van der Waals surface area contributed by atoms with Gasteiger partial charge in [0.05, 0.1) is 0 Å². The Kier molecular flexibility index (Phi) is 4.44. The molecule has 98 valence electrons. The molecule has 19 heavy (non-hydrogen) atoms. The van der Waals surface area contributed by atoms with Crippen LogP contribution in [0.3, 0.4) is 0 Å². The molecule has 0 spiro atoms. The molecule has 0 saturated carbocycles. The van der Waals surface area contributed by atoms with E-state index in [1.807, 2.05) is 31.3 Å². The van der Waals surface area contributed by atoms with Gasteiger partial charge in [0.1, 0.15) is 5.82 Å². The maximum absolute atomic E-state index is 4.38. The standard InChI is InChI=1S/C14H17N5/c1-3-6-16-13-8-11(2)18-14(19-13)17-10-12-5-4-7-15-9-12/h3-5,7-9H,1,6,10H2,2H3,(H2,16,17,18,19). The molecule has 0 aliphatic heterocycles. The van der Waals surface area contributed by atoms with Gasteiger partial charge in [-0.15, -0.1) is 6.58 Å². The number of pyridine rings is 1. The fourth-order valence-electron chi connectivity index (χ4n) is 1.60. The van der Waals surface area contributed by atoms with Crippen LogP contribution in [0.4, 0.5) is 11.8 Å². The number of nitrogens with one attached hydrogen (secondary N) is 2. The molecule has 0 saturated heterocycles. The summed E-state index contributed by atoms with van der Waals surface area (Å²) in [7, 11) is 0. The molecule has 0 fully saturated rings. The molecule has 2 aromatic heterocycles. The average Bonchev–Trinajstić information content (AvgIpc) is 2.43. The fraction of sp³-hybridized carbons (Fsp3) is 0.214. The summed E-state index contributed by atoms with van der Waals surface area (Å²) < 4.78 is 0. The molecule has 2 aromatic rings. The summed E-state index contributed by atoms with van der Waals surface area (Å²) in [5, 5.41) is 6.34. The molecule has 2 heterocycles. The Balaban J connectivity index is 2.03. The lowest BCUT2D eigenvalue weighted by molar-refractivity contribution is 1.02. The number of aryl methyl sites for hydroxylation is 1. The van der Waals surface area contributed by atoms with E-state index in [-0.39, 0.29) is 0 Å². The molecule has 5 heteroatoms. The zero-order valence-electron chi connectivity index (χ0n) is 10.9. The van der Waals surface area contributed by atoms with E-state index in [9.17, 15) is 0 Å². The molecule has 0 aliphatic carbocycles. The molecule has 2 rings (SSSR count). The lowest BCUT2D eigenvalue weighted by atomic mass is 10.3. The van der Waals surface area contributed by atoms with Crippen molar-refractivity contribution in [2.75, 3.05) is 17.2 Å². The molecular weight excluding hydrogens is 238 g/mol. The van der Waals surface area contributed by atoms with Crippen molar-refractivity contribution in [1.29, 1.82) is 0 Å². The largest absolute Gasteiger partial charge is 0.366 e. The highest BCUT2D eigenvalue weighted by Gasteiger charge is 2.01. The minimum Gasteiger partial charge on any atom is -0.366 e. The Morgan fingerprint density at radius 3 is 2.95 bits per heavy atom. The molecule has 0 aliphatic rings. The Hall–Kier alpha value is -2.43. The summed E-state index contributed by atoms with van der Waals surface area (Å²) >= 11 is 0. The Morgan fingerprint density at radius 2 is 2.21 bits per heavy atom. The molecule has 0 unspecified atom stereocenters. The Morgan fingerprint density at radius 1 is 1.32 bits per heavy atom. The molecule has 0 atom stereocenters. The first-order valence-electron chi connectivity index (χ1n) is 6.11. The zero-order valence-corrected chi connectivity index (χ0v) is 10.9. The number of rotatable bonds is 6. The first-order chi connectivity index (χ1) is 9.28. The van der Waals surface area contributed by atoms with Crippen molar-refractivity contribution < 1.29 is 0 Å². The average molecular weight is 255 g/mol. The predicted octanol–water partition coefficient (Wildman–Crippen LogP) is 2.39. The molecule has 0 bridgehead atoms. The number of hydrogen-bond acceptors (Lipinski definition) is 5. The number of nitrogens with zero attached hydrogens (tertiary/aromatic N) is 3. The van der Waals surface area contributed by atoms with Crippen LogP contribution < -0.4 is 10.6 Å². The first kappa shape index (κ1) is 13.0. The minimum atomic E-state index is 0.607. The molecule has 2 N–H and O–H groups in total. The van der Waals surface area contributed by atoms with Crippen molar-refractivity contribution in [2.45, 2.75) is 13.5 Å². The van der Waals surface area contributed by atoms with Gasteiger partial charge < -0.3 is 10.6 Å². The quantitative estimate of drug-likeness (QED) is 0.776. The predicted molar refractivity (Wildman–Crippen MR) is 77.0 cm³/mol. The highest BCUT2D eigenvalue weighted by atomic mass is 15.1. The Labute approximate surface area is 112 Å². The van der Waals surface area contributed by atoms with Crippen LogP contribution in [0.1, 0.15) is 11.3 Å². The first-order valence-corrected chi connectivity index (χ1v) is 6.11. The zero-order chi connectivity index (χ0) is 13.5. The van der Waals surface area contributed by atoms with Gasteiger partial charge in [0.25, 0.3) is 0 Å². The van der Waals surface area contributed by atoms with E-state index in [2.05, 4.69) is 32.2 Å². The maximum Gasteiger partial charge on any atom is 0.225 e. The summed E-state index contributed by atoms with van der Waals surface area (Å²) in [6.45, 7) is 6.94. The van der Waals surface area contributed by atoms with Crippen molar-refractivity contribution in [3.05, 3.63) is 54.5 Å². The summed E-state index contributed by atoms with van der Waals surface area (Å²) in [4.78, 5) is 12.8. The summed E-state index contributed by atoms with van der Waals surface area (Å²) in [5.41, 5.74) is 2.00. The molecule has 0 aromatic carbocycles. The van der Waals surface area contributed by atoms with Gasteiger partial charge in [-0.05, 0) is 18.6 Å². The fourth-order valence-corrected chi connectivity index (χ4v) is 1.60. The van der Waals surface area contributed by atoms with Gasteiger partial charge in [-0.3, -0.25) is 4.98 Å². The summed E-state index contributed by atoms with van der Waals surface area (Å²) in [6, 6.07) is 5.82. The molecular formula is C14H17N5. The SMILES string of the molecule is C=CCNc1cc(C)nc(NCc2cccnc2)n1. The van der Waals surface area contributed by atoms with Crippen LogP contribution in [0.2, 0.25) is 0 Å². The van der Waals surface area contributed by atoms with Crippen molar-refractivity contribution in [1.82, 2.24) is 15.0 Å². The van der Waals surface area contributed by atoms with E-state index >= 15 is 0 Å². The van der Waals surface area contributed by atoms with Gasteiger partial charge in [-0.25, -0.2) is 4.98 Å². The number of aromatic nitrogens is 3. The van der Waals surface area contributed by atoms with Crippen LogP contribution >= 0.6 is 0 Å². The smallest absolute Gasteiger partial charge is 0.225 e. The Bertz CT molecular complexity index is 539. The second-order valence-electron chi connectivity index (χ2n) is 4.10. The second kappa shape index (κ2) is 6.49. The highest BCUT2D eigenvalue weighted by molar-refractivity contribution is 5.42. The minimum absolute atomic E-state index is 0.607. The number of anilines is 2.